The van der Waals surface area contributed by atoms with Crippen molar-refractivity contribution in [2.75, 3.05) is 7.04 Å². The third kappa shape index (κ3) is 1.18. The van der Waals surface area contributed by atoms with Crippen molar-refractivity contribution in [1.29, 1.82) is 0 Å². The molecular weight excluding hydrogens is 186 g/mol. The topological polar surface area (TPSA) is 25.0 Å². The molecule has 0 saturated heterocycles. The van der Waals surface area contributed by atoms with Crippen molar-refractivity contribution in [2.24, 2.45) is 0 Å². The van der Waals surface area contributed by atoms with Crippen LogP contribution in [0.1, 0.15) is 4.11 Å². The molecule has 0 fully saturated rings. The van der Waals surface area contributed by atoms with Gasteiger partial charge in [0.05, 0.1) is 16.7 Å². The molecule has 2 nitrogen and oxygen atoms in total. The highest BCUT2D eigenvalue weighted by molar-refractivity contribution is 6.07. The molecule has 0 atom stereocenters. The SMILES string of the molecule is [2H]C([2H])([2H])Oc1ccc2c(c1)[nH]c1ccccc12. The van der Waals surface area contributed by atoms with Gasteiger partial charge < -0.3 is 9.72 Å². The Morgan fingerprint density at radius 1 is 1.07 bits per heavy atom. The fourth-order valence-electron chi connectivity index (χ4n) is 1.90. The van der Waals surface area contributed by atoms with Crippen LogP contribution in [-0.2, 0) is 0 Å². The zero-order valence-electron chi connectivity index (χ0n) is 10.9. The van der Waals surface area contributed by atoms with E-state index in [0.29, 0.717) is 5.75 Å². The fraction of sp³-hybridized carbons (Fsp3) is 0.0769. The lowest BCUT2D eigenvalue weighted by molar-refractivity contribution is 0.415. The van der Waals surface area contributed by atoms with E-state index in [-0.39, 0.29) is 0 Å². The van der Waals surface area contributed by atoms with Gasteiger partial charge in [-0.25, -0.2) is 0 Å². The van der Waals surface area contributed by atoms with E-state index >= 15 is 0 Å². The Hall–Kier alpha value is -1.96. The van der Waals surface area contributed by atoms with E-state index in [1.165, 1.54) is 0 Å². The van der Waals surface area contributed by atoms with Gasteiger partial charge in [-0.3, -0.25) is 0 Å². The number of fused-ring (bicyclic) bond motifs is 3. The lowest BCUT2D eigenvalue weighted by Crippen LogP contribution is -1.80. The van der Waals surface area contributed by atoms with Crippen LogP contribution in [0, 0.1) is 0 Å². The molecule has 0 aliphatic heterocycles. The highest BCUT2D eigenvalue weighted by Gasteiger charge is 2.03. The molecule has 0 aliphatic carbocycles. The molecule has 2 aromatic carbocycles. The molecule has 0 bridgehead atoms. The molecule has 0 saturated carbocycles. The van der Waals surface area contributed by atoms with Gasteiger partial charge in [-0.2, -0.15) is 0 Å². The Kier molecular flexibility index (Phi) is 1.17. The van der Waals surface area contributed by atoms with Gasteiger partial charge in [0.2, 0.25) is 0 Å². The molecular formula is C13H11NO. The predicted molar refractivity (Wildman–Crippen MR) is 62.4 cm³/mol. The van der Waals surface area contributed by atoms with Crippen molar-refractivity contribution in [3.05, 3.63) is 42.5 Å². The summed E-state index contributed by atoms with van der Waals surface area (Å²) >= 11 is 0. The van der Waals surface area contributed by atoms with Gasteiger partial charge in [0.1, 0.15) is 5.75 Å². The van der Waals surface area contributed by atoms with Crippen LogP contribution in [0.4, 0.5) is 0 Å². The smallest absolute Gasteiger partial charge is 0.120 e. The summed E-state index contributed by atoms with van der Waals surface area (Å²) in [5, 5.41) is 2.18. The number of hydrogen-bond acceptors (Lipinski definition) is 1. The molecule has 0 amide bonds. The number of ether oxygens (including phenoxy) is 1. The zero-order valence-corrected chi connectivity index (χ0v) is 7.95. The number of aromatic amines is 1. The van der Waals surface area contributed by atoms with Crippen LogP contribution in [0.15, 0.2) is 42.5 Å². The highest BCUT2D eigenvalue weighted by atomic mass is 16.5. The summed E-state index contributed by atoms with van der Waals surface area (Å²) in [6.07, 6.45) is 0. The molecule has 74 valence electrons. The Morgan fingerprint density at radius 2 is 1.93 bits per heavy atom. The third-order valence-electron chi connectivity index (χ3n) is 2.60. The maximum absolute atomic E-state index is 7.09. The van der Waals surface area contributed by atoms with Crippen LogP contribution in [0.25, 0.3) is 21.8 Å². The third-order valence-corrected chi connectivity index (χ3v) is 2.60. The second-order valence-electron chi connectivity index (χ2n) is 3.48. The molecule has 0 unspecified atom stereocenters. The zero-order chi connectivity index (χ0) is 12.8. The highest BCUT2D eigenvalue weighted by Crippen LogP contribution is 2.27. The second kappa shape index (κ2) is 3.02. The van der Waals surface area contributed by atoms with Gasteiger partial charge in [-0.1, -0.05) is 18.2 Å². The normalized spacial score (nSPS) is 14.8. The number of para-hydroxylation sites is 1. The Morgan fingerprint density at radius 3 is 2.87 bits per heavy atom. The fourth-order valence-corrected chi connectivity index (χ4v) is 1.90. The van der Waals surface area contributed by atoms with E-state index in [0.717, 1.165) is 21.8 Å². The van der Waals surface area contributed by atoms with E-state index in [1.807, 2.05) is 30.3 Å². The molecule has 1 aromatic heterocycles. The standard InChI is InChI=1S/C13H11NO/c1-15-9-6-7-11-10-4-2-3-5-12(10)14-13(11)8-9/h2-8,14H,1H3/i1D3. The van der Waals surface area contributed by atoms with Gasteiger partial charge in [0.25, 0.3) is 0 Å². The van der Waals surface area contributed by atoms with E-state index < -0.39 is 7.04 Å². The monoisotopic (exact) mass is 200 g/mol. The summed E-state index contributed by atoms with van der Waals surface area (Å²) in [5.74, 6) is 0.342. The molecule has 1 N–H and O–H groups in total. The average molecular weight is 200 g/mol. The quantitative estimate of drug-likeness (QED) is 0.640. The molecule has 15 heavy (non-hydrogen) atoms. The minimum atomic E-state index is -2.42. The minimum absolute atomic E-state index is 0.342. The van der Waals surface area contributed by atoms with Gasteiger partial charge in [0.15, 0.2) is 0 Å². The van der Waals surface area contributed by atoms with Crippen LogP contribution in [-0.4, -0.2) is 12.0 Å². The van der Waals surface area contributed by atoms with E-state index in [4.69, 9.17) is 8.85 Å². The van der Waals surface area contributed by atoms with Crippen LogP contribution in [0.2, 0.25) is 0 Å². The van der Waals surface area contributed by atoms with Crippen molar-refractivity contribution in [2.45, 2.75) is 0 Å². The first-order chi connectivity index (χ1) is 8.53. The molecule has 1 heterocycles. The molecule has 0 spiro atoms. The van der Waals surface area contributed by atoms with Crippen molar-refractivity contribution < 1.29 is 8.85 Å². The Labute approximate surface area is 91.7 Å². The van der Waals surface area contributed by atoms with Crippen LogP contribution < -0.4 is 4.74 Å². The summed E-state index contributed by atoms with van der Waals surface area (Å²) in [6.45, 7) is 0. The van der Waals surface area contributed by atoms with Gasteiger partial charge in [-0.15, -0.1) is 0 Å². The number of methoxy groups -OCH3 is 1. The largest absolute Gasteiger partial charge is 0.497 e. The number of H-pyrrole nitrogens is 1. The maximum atomic E-state index is 7.09. The summed E-state index contributed by atoms with van der Waals surface area (Å²) in [4.78, 5) is 3.24. The number of benzene rings is 2. The summed E-state index contributed by atoms with van der Waals surface area (Å²) < 4.78 is 26.1. The van der Waals surface area contributed by atoms with Gasteiger partial charge in [0, 0.05) is 22.4 Å². The lowest BCUT2D eigenvalue weighted by Gasteiger charge is -1.98. The second-order valence-corrected chi connectivity index (χ2v) is 3.48. The summed E-state index contributed by atoms with van der Waals surface area (Å²) in [7, 11) is -2.42. The van der Waals surface area contributed by atoms with Crippen molar-refractivity contribution in [3.63, 3.8) is 0 Å². The van der Waals surface area contributed by atoms with E-state index in [1.54, 1.807) is 12.1 Å². The number of nitrogens with one attached hydrogen (secondary N) is 1. The average Bonchev–Trinajstić information content (AvgIpc) is 2.64. The number of aromatic nitrogens is 1. The molecule has 0 radical (unpaired) electrons. The molecule has 0 aliphatic rings. The molecule has 3 aromatic rings. The van der Waals surface area contributed by atoms with Gasteiger partial charge >= 0.3 is 0 Å². The van der Waals surface area contributed by atoms with Crippen molar-refractivity contribution >= 4 is 21.8 Å². The Bertz CT molecular complexity index is 715. The van der Waals surface area contributed by atoms with Crippen LogP contribution in [0.3, 0.4) is 0 Å². The van der Waals surface area contributed by atoms with Crippen LogP contribution >= 0.6 is 0 Å². The summed E-state index contributed by atoms with van der Waals surface area (Å²) in [5.41, 5.74) is 1.90. The lowest BCUT2D eigenvalue weighted by atomic mass is 10.1. The predicted octanol–water partition coefficient (Wildman–Crippen LogP) is 3.33. The number of rotatable bonds is 1. The Balaban J connectivity index is 2.15. The van der Waals surface area contributed by atoms with Crippen LogP contribution in [0.5, 0.6) is 5.75 Å². The van der Waals surface area contributed by atoms with E-state index in [9.17, 15) is 0 Å². The first kappa shape index (κ1) is 5.81. The molecule has 2 heteroatoms. The molecule has 3 rings (SSSR count). The maximum Gasteiger partial charge on any atom is 0.120 e. The van der Waals surface area contributed by atoms with Gasteiger partial charge in [-0.05, 0) is 18.2 Å². The first-order valence-corrected chi connectivity index (χ1v) is 4.72. The number of hydrogen-bond donors (Lipinski definition) is 1. The summed E-state index contributed by atoms with van der Waals surface area (Å²) in [6, 6.07) is 13.2. The first-order valence-electron chi connectivity index (χ1n) is 6.22. The van der Waals surface area contributed by atoms with Crippen molar-refractivity contribution in [1.82, 2.24) is 4.98 Å². The van der Waals surface area contributed by atoms with Crippen molar-refractivity contribution in [3.8, 4) is 5.75 Å². The van der Waals surface area contributed by atoms with E-state index in [2.05, 4.69) is 4.98 Å². The minimum Gasteiger partial charge on any atom is -0.497 e.